The molecule has 6 nitrogen and oxygen atoms in total. The van der Waals surface area contributed by atoms with Crippen LogP contribution in [0.3, 0.4) is 0 Å². The zero-order valence-electron chi connectivity index (χ0n) is 16.5. The molecule has 3 rings (SSSR count). The van der Waals surface area contributed by atoms with Crippen LogP contribution in [0.1, 0.15) is 19.5 Å². The Kier molecular flexibility index (Phi) is 7.27. The lowest BCUT2D eigenvalue weighted by atomic mass is 10.3. The molecular formula is C22H24ClN3O3. The maximum Gasteiger partial charge on any atom is 0.258 e. The molecule has 0 aliphatic heterocycles. The van der Waals surface area contributed by atoms with E-state index in [4.69, 9.17) is 21.1 Å². The Hall–Kier alpha value is -2.83. The van der Waals surface area contributed by atoms with E-state index in [0.29, 0.717) is 17.4 Å². The van der Waals surface area contributed by atoms with Crippen molar-refractivity contribution < 1.29 is 9.47 Å². The fourth-order valence-electron chi connectivity index (χ4n) is 2.74. The average Bonchev–Trinajstić information content (AvgIpc) is 2.73. The number of nitrogens with zero attached hydrogens (tertiary/aromatic N) is 2. The van der Waals surface area contributed by atoms with Crippen molar-refractivity contribution >= 4 is 11.6 Å². The summed E-state index contributed by atoms with van der Waals surface area (Å²) in [6.45, 7) is 5.89. The zero-order chi connectivity index (χ0) is 20.6. The van der Waals surface area contributed by atoms with E-state index in [0.717, 1.165) is 23.7 Å². The molecule has 152 valence electrons. The summed E-state index contributed by atoms with van der Waals surface area (Å²) in [7, 11) is 0. The van der Waals surface area contributed by atoms with Crippen molar-refractivity contribution in [2.24, 2.45) is 0 Å². The van der Waals surface area contributed by atoms with Crippen LogP contribution in [-0.2, 0) is 6.61 Å². The highest BCUT2D eigenvalue weighted by Gasteiger charge is 2.05. The van der Waals surface area contributed by atoms with Crippen molar-refractivity contribution in [3.8, 4) is 17.2 Å². The molecule has 29 heavy (non-hydrogen) atoms. The average molecular weight is 414 g/mol. The van der Waals surface area contributed by atoms with Gasteiger partial charge >= 0.3 is 0 Å². The van der Waals surface area contributed by atoms with Gasteiger partial charge in [0.05, 0.1) is 10.7 Å². The van der Waals surface area contributed by atoms with E-state index >= 15 is 0 Å². The Morgan fingerprint density at radius 2 is 1.90 bits per heavy atom. The van der Waals surface area contributed by atoms with Gasteiger partial charge in [0.1, 0.15) is 24.7 Å². The van der Waals surface area contributed by atoms with Gasteiger partial charge in [-0.3, -0.25) is 14.3 Å². The summed E-state index contributed by atoms with van der Waals surface area (Å²) >= 11 is 5.82. The molecule has 7 heteroatoms. The molecule has 1 unspecified atom stereocenters. The molecular weight excluding hydrogens is 390 g/mol. The van der Waals surface area contributed by atoms with Crippen molar-refractivity contribution in [3.05, 3.63) is 82.0 Å². The van der Waals surface area contributed by atoms with Gasteiger partial charge in [0.2, 0.25) is 0 Å². The molecule has 0 fully saturated rings. The third-order valence-electron chi connectivity index (χ3n) is 4.23. The summed E-state index contributed by atoms with van der Waals surface area (Å²) in [5.41, 5.74) is 1.31. The summed E-state index contributed by atoms with van der Waals surface area (Å²) in [5.74, 6) is 1.25. The fraction of sp³-hybridized carbons (Fsp3) is 0.273. The molecule has 0 amide bonds. The minimum Gasteiger partial charge on any atom is -0.492 e. The van der Waals surface area contributed by atoms with Gasteiger partial charge in [-0.05, 0) is 55.9 Å². The molecule has 3 aromatic rings. The SMILES string of the molecule is CCNC(C)COc1ccc(-n2ccc(OCc3ccc(Cl)cn3)cc2=O)cc1. The van der Waals surface area contributed by atoms with Crippen molar-refractivity contribution in [1.29, 1.82) is 0 Å². The van der Waals surface area contributed by atoms with Crippen molar-refractivity contribution in [2.75, 3.05) is 13.2 Å². The van der Waals surface area contributed by atoms with Crippen LogP contribution in [0.15, 0.2) is 65.7 Å². The molecule has 0 aliphatic rings. The Balaban J connectivity index is 1.62. The Labute approximate surface area is 175 Å². The molecule has 1 N–H and O–H groups in total. The number of aromatic nitrogens is 2. The van der Waals surface area contributed by atoms with Crippen LogP contribution in [0.4, 0.5) is 0 Å². The zero-order valence-corrected chi connectivity index (χ0v) is 17.2. The smallest absolute Gasteiger partial charge is 0.258 e. The summed E-state index contributed by atoms with van der Waals surface area (Å²) in [6.07, 6.45) is 3.25. The molecule has 1 aromatic carbocycles. The van der Waals surface area contributed by atoms with Gasteiger partial charge in [0.15, 0.2) is 0 Å². The number of ether oxygens (including phenoxy) is 2. The van der Waals surface area contributed by atoms with E-state index in [1.54, 1.807) is 35.2 Å². The number of benzene rings is 1. The second-order valence-electron chi connectivity index (χ2n) is 6.59. The molecule has 0 aliphatic carbocycles. The van der Waals surface area contributed by atoms with Crippen LogP contribution in [0.5, 0.6) is 11.5 Å². The Morgan fingerprint density at radius 3 is 2.55 bits per heavy atom. The highest BCUT2D eigenvalue weighted by atomic mass is 35.5. The maximum atomic E-state index is 12.5. The van der Waals surface area contributed by atoms with Crippen LogP contribution >= 0.6 is 11.6 Å². The van der Waals surface area contributed by atoms with Crippen molar-refractivity contribution in [2.45, 2.75) is 26.5 Å². The lowest BCUT2D eigenvalue weighted by Gasteiger charge is -2.14. The number of likely N-dealkylation sites (N-methyl/N-ethyl adjacent to an activating group) is 1. The van der Waals surface area contributed by atoms with Crippen LogP contribution < -0.4 is 20.3 Å². The van der Waals surface area contributed by atoms with Crippen LogP contribution in [0.2, 0.25) is 5.02 Å². The molecule has 1 atom stereocenters. The molecule has 0 bridgehead atoms. The van der Waals surface area contributed by atoms with E-state index in [2.05, 4.69) is 24.1 Å². The molecule has 0 radical (unpaired) electrons. The molecule has 0 saturated carbocycles. The third kappa shape index (κ3) is 6.07. The minimum atomic E-state index is -0.180. The van der Waals surface area contributed by atoms with E-state index < -0.39 is 0 Å². The predicted octanol–water partition coefficient (Wildman–Crippen LogP) is 3.84. The van der Waals surface area contributed by atoms with Gasteiger partial charge in [-0.1, -0.05) is 18.5 Å². The van der Waals surface area contributed by atoms with Crippen LogP contribution in [0, 0.1) is 0 Å². The fourth-order valence-corrected chi connectivity index (χ4v) is 2.86. The van der Waals surface area contributed by atoms with E-state index in [9.17, 15) is 4.79 Å². The van der Waals surface area contributed by atoms with E-state index in [-0.39, 0.29) is 18.2 Å². The topological polar surface area (TPSA) is 65.4 Å². The summed E-state index contributed by atoms with van der Waals surface area (Å²) < 4.78 is 13.0. The van der Waals surface area contributed by atoms with Crippen molar-refractivity contribution in [3.63, 3.8) is 0 Å². The standard InChI is InChI=1S/C22H24ClN3O3/c1-3-24-16(2)14-28-20-8-6-19(7-9-20)26-11-10-21(12-22(26)27)29-15-18-5-4-17(23)13-25-18/h4-13,16,24H,3,14-15H2,1-2H3. The van der Waals surface area contributed by atoms with Gasteiger partial charge in [-0.2, -0.15) is 0 Å². The first-order chi connectivity index (χ1) is 14.0. The Morgan fingerprint density at radius 1 is 1.10 bits per heavy atom. The number of hydrogen-bond acceptors (Lipinski definition) is 5. The number of pyridine rings is 2. The van der Waals surface area contributed by atoms with Crippen LogP contribution in [-0.4, -0.2) is 28.7 Å². The van der Waals surface area contributed by atoms with Gasteiger partial charge in [-0.15, -0.1) is 0 Å². The van der Waals surface area contributed by atoms with E-state index in [1.807, 2.05) is 24.3 Å². The number of hydrogen-bond donors (Lipinski definition) is 1. The third-order valence-corrected chi connectivity index (χ3v) is 4.46. The Bertz CT molecular complexity index is 972. The largest absolute Gasteiger partial charge is 0.492 e. The maximum absolute atomic E-state index is 12.5. The van der Waals surface area contributed by atoms with Gasteiger partial charge in [-0.25, -0.2) is 0 Å². The normalized spacial score (nSPS) is 11.8. The first-order valence-electron chi connectivity index (χ1n) is 9.47. The van der Waals surface area contributed by atoms with Crippen LogP contribution in [0.25, 0.3) is 5.69 Å². The lowest BCUT2D eigenvalue weighted by molar-refractivity contribution is 0.275. The summed E-state index contributed by atoms with van der Waals surface area (Å²) in [6, 6.07) is 14.4. The van der Waals surface area contributed by atoms with Gasteiger partial charge in [0, 0.05) is 30.2 Å². The molecule has 2 heterocycles. The quantitative estimate of drug-likeness (QED) is 0.577. The summed E-state index contributed by atoms with van der Waals surface area (Å²) in [4.78, 5) is 16.6. The second-order valence-corrected chi connectivity index (χ2v) is 7.03. The number of halogens is 1. The summed E-state index contributed by atoms with van der Waals surface area (Å²) in [5, 5.41) is 3.87. The highest BCUT2D eigenvalue weighted by Crippen LogP contribution is 2.16. The number of nitrogens with one attached hydrogen (secondary N) is 1. The minimum absolute atomic E-state index is 0.180. The van der Waals surface area contributed by atoms with Gasteiger partial charge < -0.3 is 14.8 Å². The first-order valence-corrected chi connectivity index (χ1v) is 9.85. The molecule has 0 saturated heterocycles. The molecule has 0 spiro atoms. The lowest BCUT2D eigenvalue weighted by Crippen LogP contribution is -2.31. The van der Waals surface area contributed by atoms with E-state index in [1.165, 1.54) is 6.07 Å². The van der Waals surface area contributed by atoms with Crippen molar-refractivity contribution in [1.82, 2.24) is 14.9 Å². The number of rotatable bonds is 9. The second kappa shape index (κ2) is 10.1. The molecule has 2 aromatic heterocycles. The predicted molar refractivity (Wildman–Crippen MR) is 114 cm³/mol. The first kappa shape index (κ1) is 20.9. The monoisotopic (exact) mass is 413 g/mol. The van der Waals surface area contributed by atoms with Gasteiger partial charge in [0.25, 0.3) is 5.56 Å². The highest BCUT2D eigenvalue weighted by molar-refractivity contribution is 6.30.